The van der Waals surface area contributed by atoms with Gasteiger partial charge in [-0.05, 0) is 31.4 Å². The van der Waals surface area contributed by atoms with E-state index in [1.54, 1.807) is 4.90 Å². The van der Waals surface area contributed by atoms with Crippen LogP contribution in [0.3, 0.4) is 0 Å². The maximum Gasteiger partial charge on any atom is 0.328 e. The van der Waals surface area contributed by atoms with Crippen LogP contribution in [0.2, 0.25) is 0 Å². The minimum atomic E-state index is -0.576. The largest absolute Gasteiger partial charge is 0.328 e. The molecule has 6 heteroatoms. The normalized spacial score (nSPS) is 13.8. The molecule has 1 N–H and O–H groups in total. The lowest BCUT2D eigenvalue weighted by molar-refractivity contribution is 0.0982. The van der Waals surface area contributed by atoms with Gasteiger partial charge in [-0.2, -0.15) is 0 Å². The van der Waals surface area contributed by atoms with E-state index in [0.717, 1.165) is 34.2 Å². The summed E-state index contributed by atoms with van der Waals surface area (Å²) in [7, 11) is 1.35. The van der Waals surface area contributed by atoms with Crippen molar-refractivity contribution in [2.24, 2.45) is 7.05 Å². The minimum Gasteiger partial charge on any atom is -0.313 e. The zero-order valence-electron chi connectivity index (χ0n) is 12.5. The van der Waals surface area contributed by atoms with Crippen LogP contribution >= 0.6 is 0 Å². The molecule has 0 saturated carbocycles. The molecule has 1 aliphatic rings. The van der Waals surface area contributed by atoms with E-state index in [1.807, 2.05) is 19.1 Å². The highest BCUT2D eigenvalue weighted by Gasteiger charge is 2.26. The summed E-state index contributed by atoms with van der Waals surface area (Å²) in [6.45, 7) is 2.58. The van der Waals surface area contributed by atoms with Crippen LogP contribution in [0.5, 0.6) is 0 Å². The maximum atomic E-state index is 12.7. The molecule has 0 atom stereocenters. The summed E-state index contributed by atoms with van der Waals surface area (Å²) in [5.41, 5.74) is 1.98. The standard InChI is InChI=1S/C16H17N3O3/c1-10-5-6-13-11(8-10)4-3-7-19(13)15(21)12-9-17-16(22)18(2)14(12)20/h5-6,8-9H,3-4,7H2,1-2H3,(H,17,22). The van der Waals surface area contributed by atoms with E-state index in [0.29, 0.717) is 6.54 Å². The van der Waals surface area contributed by atoms with Crippen LogP contribution in [0.25, 0.3) is 0 Å². The Kier molecular flexibility index (Phi) is 3.44. The zero-order chi connectivity index (χ0) is 15.9. The van der Waals surface area contributed by atoms with Crippen molar-refractivity contribution in [1.29, 1.82) is 0 Å². The lowest BCUT2D eigenvalue weighted by Crippen LogP contribution is -2.42. The molecule has 1 amide bonds. The van der Waals surface area contributed by atoms with Gasteiger partial charge in [0.25, 0.3) is 11.5 Å². The van der Waals surface area contributed by atoms with Crippen LogP contribution in [-0.4, -0.2) is 22.0 Å². The summed E-state index contributed by atoms with van der Waals surface area (Å²) in [4.78, 5) is 40.3. The highest BCUT2D eigenvalue weighted by molar-refractivity contribution is 6.06. The molecule has 0 saturated heterocycles. The number of carbonyl (C=O) groups excluding carboxylic acids is 1. The number of amides is 1. The summed E-state index contributed by atoms with van der Waals surface area (Å²) < 4.78 is 0.910. The number of fused-ring (bicyclic) bond motifs is 1. The number of nitrogens with one attached hydrogen (secondary N) is 1. The Hall–Kier alpha value is -2.63. The average molecular weight is 299 g/mol. The van der Waals surface area contributed by atoms with Crippen molar-refractivity contribution in [3.8, 4) is 0 Å². The number of H-pyrrole nitrogens is 1. The number of nitrogens with zero attached hydrogens (tertiary/aromatic N) is 2. The third-order valence-electron chi connectivity index (χ3n) is 4.01. The van der Waals surface area contributed by atoms with E-state index in [-0.39, 0.29) is 11.5 Å². The Morgan fingerprint density at radius 3 is 2.82 bits per heavy atom. The number of benzene rings is 1. The van der Waals surface area contributed by atoms with Crippen molar-refractivity contribution in [2.75, 3.05) is 11.4 Å². The zero-order valence-corrected chi connectivity index (χ0v) is 12.5. The molecule has 6 nitrogen and oxygen atoms in total. The highest BCUT2D eigenvalue weighted by atomic mass is 16.2. The third kappa shape index (κ3) is 2.26. The molecule has 0 spiro atoms. The molecule has 0 aliphatic carbocycles. The van der Waals surface area contributed by atoms with Crippen LogP contribution < -0.4 is 16.1 Å². The molecule has 1 aliphatic heterocycles. The number of hydrogen-bond acceptors (Lipinski definition) is 3. The van der Waals surface area contributed by atoms with E-state index >= 15 is 0 Å². The molecule has 2 aromatic rings. The molecule has 0 fully saturated rings. The van der Waals surface area contributed by atoms with Crippen molar-refractivity contribution in [3.05, 3.63) is 61.9 Å². The molecular formula is C16H17N3O3. The first-order valence-electron chi connectivity index (χ1n) is 7.19. The molecule has 2 heterocycles. The fraction of sp³-hybridized carbons (Fsp3) is 0.312. The Morgan fingerprint density at radius 1 is 1.27 bits per heavy atom. The second-order valence-electron chi connectivity index (χ2n) is 5.56. The minimum absolute atomic E-state index is 0.0180. The number of carbonyl (C=O) groups is 1. The van der Waals surface area contributed by atoms with Gasteiger partial charge in [0.2, 0.25) is 0 Å². The summed E-state index contributed by atoms with van der Waals surface area (Å²) >= 11 is 0. The SMILES string of the molecule is Cc1ccc2c(c1)CCCN2C(=O)c1c[nH]c(=O)n(C)c1=O. The Balaban J connectivity index is 2.07. The monoisotopic (exact) mass is 299 g/mol. The summed E-state index contributed by atoms with van der Waals surface area (Å²) in [6, 6.07) is 5.94. The van der Waals surface area contributed by atoms with E-state index < -0.39 is 11.2 Å². The molecule has 3 rings (SSSR count). The van der Waals surface area contributed by atoms with Crippen LogP contribution in [0, 0.1) is 6.92 Å². The van der Waals surface area contributed by atoms with E-state index in [1.165, 1.54) is 13.2 Å². The molecule has 114 valence electrons. The Bertz CT molecular complexity index is 864. The van der Waals surface area contributed by atoms with Crippen LogP contribution in [0.15, 0.2) is 34.0 Å². The second kappa shape index (κ2) is 5.29. The van der Waals surface area contributed by atoms with Crippen molar-refractivity contribution < 1.29 is 4.79 Å². The van der Waals surface area contributed by atoms with Gasteiger partial charge in [0.1, 0.15) is 5.56 Å². The topological polar surface area (TPSA) is 75.2 Å². The number of anilines is 1. The maximum absolute atomic E-state index is 12.7. The van der Waals surface area contributed by atoms with E-state index in [9.17, 15) is 14.4 Å². The molecule has 22 heavy (non-hydrogen) atoms. The number of hydrogen-bond donors (Lipinski definition) is 1. The smallest absolute Gasteiger partial charge is 0.313 e. The van der Waals surface area contributed by atoms with Crippen LogP contribution in [-0.2, 0) is 13.5 Å². The summed E-state index contributed by atoms with van der Waals surface area (Å²) in [5, 5.41) is 0. The fourth-order valence-corrected chi connectivity index (χ4v) is 2.80. The average Bonchev–Trinajstić information content (AvgIpc) is 2.51. The number of rotatable bonds is 1. The first kappa shape index (κ1) is 14.3. The van der Waals surface area contributed by atoms with Gasteiger partial charge in [-0.1, -0.05) is 17.7 Å². The van der Waals surface area contributed by atoms with Gasteiger partial charge < -0.3 is 9.88 Å². The third-order valence-corrected chi connectivity index (χ3v) is 4.01. The first-order chi connectivity index (χ1) is 10.5. The van der Waals surface area contributed by atoms with Gasteiger partial charge >= 0.3 is 5.69 Å². The molecular weight excluding hydrogens is 282 g/mol. The Labute approximate surface area is 127 Å². The van der Waals surface area contributed by atoms with Crippen molar-refractivity contribution in [2.45, 2.75) is 19.8 Å². The number of aryl methyl sites for hydroxylation is 2. The molecule has 0 bridgehead atoms. The van der Waals surface area contributed by atoms with Gasteiger partial charge in [0.15, 0.2) is 0 Å². The van der Waals surface area contributed by atoms with Crippen LogP contribution in [0.4, 0.5) is 5.69 Å². The molecule has 0 unspecified atom stereocenters. The first-order valence-corrected chi connectivity index (χ1v) is 7.19. The molecule has 0 radical (unpaired) electrons. The fourth-order valence-electron chi connectivity index (χ4n) is 2.80. The highest BCUT2D eigenvalue weighted by Crippen LogP contribution is 2.28. The predicted octanol–water partition coefficient (Wildman–Crippen LogP) is 0.975. The Morgan fingerprint density at radius 2 is 2.05 bits per heavy atom. The molecule has 1 aromatic heterocycles. The summed E-state index contributed by atoms with van der Waals surface area (Å²) in [6.07, 6.45) is 2.98. The van der Waals surface area contributed by atoms with E-state index in [4.69, 9.17) is 0 Å². The quantitative estimate of drug-likeness (QED) is 0.852. The van der Waals surface area contributed by atoms with Gasteiger partial charge in [0.05, 0.1) is 0 Å². The van der Waals surface area contributed by atoms with Gasteiger partial charge in [-0.15, -0.1) is 0 Å². The van der Waals surface area contributed by atoms with Crippen molar-refractivity contribution in [3.63, 3.8) is 0 Å². The van der Waals surface area contributed by atoms with Crippen molar-refractivity contribution >= 4 is 11.6 Å². The van der Waals surface area contributed by atoms with Gasteiger partial charge in [-0.3, -0.25) is 14.2 Å². The number of aromatic amines is 1. The number of aromatic nitrogens is 2. The molecule has 1 aromatic carbocycles. The van der Waals surface area contributed by atoms with Gasteiger partial charge in [-0.25, -0.2) is 4.79 Å². The van der Waals surface area contributed by atoms with Gasteiger partial charge in [0, 0.05) is 25.5 Å². The lowest BCUT2D eigenvalue weighted by Gasteiger charge is -2.29. The van der Waals surface area contributed by atoms with Crippen LogP contribution in [0.1, 0.15) is 27.9 Å². The summed E-state index contributed by atoms with van der Waals surface area (Å²) in [5.74, 6) is -0.373. The predicted molar refractivity (Wildman–Crippen MR) is 83.5 cm³/mol. The lowest BCUT2D eigenvalue weighted by atomic mass is 9.99. The van der Waals surface area contributed by atoms with E-state index in [2.05, 4.69) is 11.1 Å². The van der Waals surface area contributed by atoms with Crippen molar-refractivity contribution in [1.82, 2.24) is 9.55 Å². The second-order valence-corrected chi connectivity index (χ2v) is 5.56.